The monoisotopic (exact) mass is 734 g/mol. The number of nitrogens with zero attached hydrogens (tertiary/aromatic N) is 4. The van der Waals surface area contributed by atoms with Crippen LogP contribution in [0.3, 0.4) is 0 Å². The molecule has 4 nitrogen and oxygen atoms in total. The Labute approximate surface area is 328 Å². The number of benzene rings is 7. The van der Waals surface area contributed by atoms with E-state index in [1.54, 1.807) is 11.3 Å². The van der Waals surface area contributed by atoms with Crippen LogP contribution in [0.1, 0.15) is 25.0 Å². The first-order valence-electron chi connectivity index (χ1n) is 19.0. The highest BCUT2D eigenvalue weighted by molar-refractivity contribution is 7.25. The highest BCUT2D eigenvalue weighted by atomic mass is 32.1. The lowest BCUT2D eigenvalue weighted by atomic mass is 9.81. The van der Waals surface area contributed by atoms with Crippen molar-refractivity contribution >= 4 is 42.4 Å². The molecule has 0 N–H and O–H groups in total. The van der Waals surface area contributed by atoms with Crippen LogP contribution in [-0.2, 0) is 5.41 Å². The van der Waals surface area contributed by atoms with Crippen molar-refractivity contribution in [2.24, 2.45) is 0 Å². The molecular formula is C51H34N4S. The van der Waals surface area contributed by atoms with Gasteiger partial charge in [-0.05, 0) is 57.0 Å². The lowest BCUT2D eigenvalue weighted by Gasteiger charge is -2.22. The zero-order valence-corrected chi connectivity index (χ0v) is 31.7. The molecule has 264 valence electrons. The molecule has 0 bridgehead atoms. The van der Waals surface area contributed by atoms with Gasteiger partial charge in [-0.1, -0.05) is 166 Å². The molecule has 0 fully saturated rings. The SMILES string of the molecule is CC1(C)c2ccccc2-c2ccc(-c3cccc(-c4nc(-c5ccccc5)nc(-c5ccc(-c6nc7sc8ccccc8c7c7ccccc67)cc5)n4)c3)cc21. The third-order valence-electron chi connectivity index (χ3n) is 11.4. The standard InChI is InChI=1S/C51H34N4S/c1-51(2)42-21-10-8-17-37(42)38-28-27-35(30-43(38)51)34-15-12-16-36(29-34)49-54-47(32-13-4-3-5-14-32)53-48(55-49)33-25-23-31(24-26-33)46-40-19-7-6-18-39(40)45-41-20-9-11-22-44(41)56-50(45)52-46/h3-30H,1-2H3. The molecular weight excluding hydrogens is 701 g/mol. The molecule has 5 heteroatoms. The predicted molar refractivity (Wildman–Crippen MR) is 233 cm³/mol. The summed E-state index contributed by atoms with van der Waals surface area (Å²) in [6.07, 6.45) is 0. The largest absolute Gasteiger partial charge is 0.236 e. The van der Waals surface area contributed by atoms with Crippen molar-refractivity contribution in [1.82, 2.24) is 19.9 Å². The second kappa shape index (κ2) is 12.6. The number of aromatic nitrogens is 4. The van der Waals surface area contributed by atoms with Crippen LogP contribution in [0.25, 0.3) is 98.7 Å². The number of rotatable bonds is 5. The zero-order chi connectivity index (χ0) is 37.4. The average molecular weight is 735 g/mol. The van der Waals surface area contributed by atoms with Gasteiger partial charge in [0.05, 0.1) is 5.69 Å². The maximum atomic E-state index is 5.27. The van der Waals surface area contributed by atoms with Gasteiger partial charge in [0.2, 0.25) is 0 Å². The summed E-state index contributed by atoms with van der Waals surface area (Å²) < 4.78 is 1.25. The van der Waals surface area contributed by atoms with E-state index < -0.39 is 0 Å². The fourth-order valence-corrected chi connectivity index (χ4v) is 9.60. The van der Waals surface area contributed by atoms with Gasteiger partial charge >= 0.3 is 0 Å². The summed E-state index contributed by atoms with van der Waals surface area (Å²) in [7, 11) is 0. The fourth-order valence-electron chi connectivity index (χ4n) is 8.51. The molecule has 10 aromatic rings. The molecule has 0 aliphatic heterocycles. The molecule has 1 aliphatic carbocycles. The highest BCUT2D eigenvalue weighted by Crippen LogP contribution is 2.49. The van der Waals surface area contributed by atoms with Gasteiger partial charge in [0.25, 0.3) is 0 Å². The Morgan fingerprint density at radius 2 is 0.946 bits per heavy atom. The van der Waals surface area contributed by atoms with E-state index in [4.69, 9.17) is 19.9 Å². The maximum absolute atomic E-state index is 5.27. The Morgan fingerprint density at radius 3 is 1.75 bits per heavy atom. The van der Waals surface area contributed by atoms with Crippen LogP contribution in [0.4, 0.5) is 0 Å². The first kappa shape index (κ1) is 32.6. The van der Waals surface area contributed by atoms with Crippen molar-refractivity contribution in [3.05, 3.63) is 181 Å². The number of fused-ring (bicyclic) bond motifs is 8. The summed E-state index contributed by atoms with van der Waals surface area (Å²) in [5.41, 5.74) is 12.4. The lowest BCUT2D eigenvalue weighted by Crippen LogP contribution is -2.14. The number of pyridine rings is 1. The van der Waals surface area contributed by atoms with E-state index in [2.05, 4.69) is 153 Å². The predicted octanol–water partition coefficient (Wildman–Crippen LogP) is 13.4. The molecule has 0 saturated heterocycles. The van der Waals surface area contributed by atoms with Crippen molar-refractivity contribution in [2.75, 3.05) is 0 Å². The molecule has 0 saturated carbocycles. The second-order valence-electron chi connectivity index (χ2n) is 15.0. The third-order valence-corrected chi connectivity index (χ3v) is 12.4. The topological polar surface area (TPSA) is 51.6 Å². The van der Waals surface area contributed by atoms with Crippen molar-refractivity contribution in [1.29, 1.82) is 0 Å². The summed E-state index contributed by atoms with van der Waals surface area (Å²) in [4.78, 5) is 21.5. The van der Waals surface area contributed by atoms with E-state index in [0.29, 0.717) is 17.5 Å². The molecule has 0 unspecified atom stereocenters. The molecule has 7 aromatic carbocycles. The number of thiophene rings is 1. The first-order chi connectivity index (χ1) is 27.5. The molecule has 0 atom stereocenters. The van der Waals surface area contributed by atoms with E-state index in [1.165, 1.54) is 48.7 Å². The molecule has 56 heavy (non-hydrogen) atoms. The van der Waals surface area contributed by atoms with E-state index in [9.17, 15) is 0 Å². The minimum atomic E-state index is -0.0721. The van der Waals surface area contributed by atoms with Gasteiger partial charge in [-0.2, -0.15) is 0 Å². The first-order valence-corrected chi connectivity index (χ1v) is 19.8. The van der Waals surface area contributed by atoms with E-state index in [0.717, 1.165) is 43.7 Å². The Hall–Kier alpha value is -6.82. The summed E-state index contributed by atoms with van der Waals surface area (Å²) in [6.45, 7) is 4.65. The molecule has 11 rings (SSSR count). The normalized spacial score (nSPS) is 13.0. The van der Waals surface area contributed by atoms with Crippen LogP contribution in [0.5, 0.6) is 0 Å². The highest BCUT2D eigenvalue weighted by Gasteiger charge is 2.35. The van der Waals surface area contributed by atoms with Gasteiger partial charge < -0.3 is 0 Å². The third kappa shape index (κ3) is 5.19. The summed E-state index contributed by atoms with van der Waals surface area (Å²) in [5, 5.41) is 4.84. The van der Waals surface area contributed by atoms with Crippen LogP contribution in [0.2, 0.25) is 0 Å². The van der Waals surface area contributed by atoms with Crippen molar-refractivity contribution in [3.63, 3.8) is 0 Å². The van der Waals surface area contributed by atoms with Crippen LogP contribution in [-0.4, -0.2) is 19.9 Å². The second-order valence-corrected chi connectivity index (χ2v) is 16.1. The van der Waals surface area contributed by atoms with Gasteiger partial charge in [0.1, 0.15) is 4.83 Å². The van der Waals surface area contributed by atoms with Gasteiger partial charge in [-0.15, -0.1) is 11.3 Å². The molecule has 0 radical (unpaired) electrons. The minimum Gasteiger partial charge on any atom is -0.236 e. The summed E-state index contributed by atoms with van der Waals surface area (Å²) in [5.74, 6) is 1.90. The lowest BCUT2D eigenvalue weighted by molar-refractivity contribution is 0.660. The smallest absolute Gasteiger partial charge is 0.164 e. The van der Waals surface area contributed by atoms with Gasteiger partial charge in [-0.25, -0.2) is 19.9 Å². The molecule has 1 aliphatic rings. The van der Waals surface area contributed by atoms with Crippen molar-refractivity contribution < 1.29 is 0 Å². The molecule has 0 spiro atoms. The summed E-state index contributed by atoms with van der Waals surface area (Å²) in [6, 6.07) is 60.1. The quantitative estimate of drug-likeness (QED) is 0.177. The Morgan fingerprint density at radius 1 is 0.393 bits per heavy atom. The molecule has 3 heterocycles. The van der Waals surface area contributed by atoms with Gasteiger partial charge in [-0.3, -0.25) is 0 Å². The van der Waals surface area contributed by atoms with Gasteiger partial charge in [0.15, 0.2) is 17.5 Å². The molecule has 3 aromatic heterocycles. The van der Waals surface area contributed by atoms with Crippen LogP contribution < -0.4 is 0 Å². The Bertz CT molecular complexity index is 3160. The van der Waals surface area contributed by atoms with Crippen molar-refractivity contribution in [2.45, 2.75) is 19.3 Å². The van der Waals surface area contributed by atoms with Crippen LogP contribution in [0.15, 0.2) is 170 Å². The molecule has 0 amide bonds. The van der Waals surface area contributed by atoms with E-state index in [1.807, 2.05) is 30.3 Å². The number of hydrogen-bond donors (Lipinski definition) is 0. The summed E-state index contributed by atoms with van der Waals surface area (Å²) >= 11 is 1.75. The van der Waals surface area contributed by atoms with E-state index >= 15 is 0 Å². The minimum absolute atomic E-state index is 0.0721. The number of hydrogen-bond acceptors (Lipinski definition) is 5. The maximum Gasteiger partial charge on any atom is 0.164 e. The van der Waals surface area contributed by atoms with Gasteiger partial charge in [0, 0.05) is 48.5 Å². The van der Waals surface area contributed by atoms with Crippen LogP contribution >= 0.6 is 11.3 Å². The Balaban J connectivity index is 0.998. The van der Waals surface area contributed by atoms with Crippen molar-refractivity contribution in [3.8, 4) is 67.7 Å². The zero-order valence-electron chi connectivity index (χ0n) is 30.9. The van der Waals surface area contributed by atoms with E-state index in [-0.39, 0.29) is 5.41 Å². The Kier molecular flexibility index (Phi) is 7.35. The fraction of sp³-hybridized carbons (Fsp3) is 0.0588. The van der Waals surface area contributed by atoms with Crippen LogP contribution in [0, 0.1) is 0 Å². The average Bonchev–Trinajstić information content (AvgIpc) is 3.75.